The van der Waals surface area contributed by atoms with Gasteiger partial charge in [-0.3, -0.25) is 9.59 Å². The minimum Gasteiger partial charge on any atom is -0.368 e. The Balaban J connectivity index is 2.10. The first-order valence-corrected chi connectivity index (χ1v) is 6.93. The molecule has 6 heteroatoms. The summed E-state index contributed by atoms with van der Waals surface area (Å²) in [6.07, 6.45) is 0.225. The van der Waals surface area contributed by atoms with Gasteiger partial charge < -0.3 is 11.1 Å². The van der Waals surface area contributed by atoms with Crippen molar-refractivity contribution in [1.29, 1.82) is 0 Å². The van der Waals surface area contributed by atoms with Crippen molar-refractivity contribution < 1.29 is 14.0 Å². The van der Waals surface area contributed by atoms with Crippen LogP contribution >= 0.6 is 11.6 Å². The first kappa shape index (κ1) is 16.0. The van der Waals surface area contributed by atoms with Crippen LogP contribution < -0.4 is 11.1 Å². The van der Waals surface area contributed by atoms with Gasteiger partial charge in [0.15, 0.2) is 0 Å². The van der Waals surface area contributed by atoms with Gasteiger partial charge in [0.05, 0.1) is 0 Å². The van der Waals surface area contributed by atoms with Gasteiger partial charge in [-0.15, -0.1) is 0 Å². The molecule has 1 atom stereocenters. The molecule has 4 nitrogen and oxygen atoms in total. The summed E-state index contributed by atoms with van der Waals surface area (Å²) in [4.78, 5) is 23.6. The molecule has 0 unspecified atom stereocenters. The molecule has 22 heavy (non-hydrogen) atoms. The van der Waals surface area contributed by atoms with Gasteiger partial charge in [-0.1, -0.05) is 23.7 Å². The van der Waals surface area contributed by atoms with Crippen LogP contribution in [0.15, 0.2) is 48.5 Å². The molecule has 114 valence electrons. The molecule has 0 fully saturated rings. The highest BCUT2D eigenvalue weighted by atomic mass is 35.5. The van der Waals surface area contributed by atoms with Crippen LogP contribution in [0, 0.1) is 5.82 Å². The van der Waals surface area contributed by atoms with E-state index in [4.69, 9.17) is 17.3 Å². The van der Waals surface area contributed by atoms with Gasteiger partial charge in [0.25, 0.3) is 5.91 Å². The molecule has 0 radical (unpaired) electrons. The average Bonchev–Trinajstić information content (AvgIpc) is 2.47. The van der Waals surface area contributed by atoms with E-state index in [-0.39, 0.29) is 12.0 Å². The number of halogens is 2. The Bertz CT molecular complexity index is 689. The summed E-state index contributed by atoms with van der Waals surface area (Å²) in [6.45, 7) is 0. The molecule has 2 aromatic rings. The SMILES string of the molecule is NC(=O)[C@@H](Cc1cccc(Cl)c1)NC(=O)c1ccc(F)cc1. The van der Waals surface area contributed by atoms with Crippen LogP contribution in [0.1, 0.15) is 15.9 Å². The van der Waals surface area contributed by atoms with Gasteiger partial charge in [0, 0.05) is 17.0 Å². The third-order valence-corrected chi connectivity index (χ3v) is 3.32. The lowest BCUT2D eigenvalue weighted by atomic mass is 10.0. The zero-order chi connectivity index (χ0) is 16.1. The second kappa shape index (κ2) is 7.04. The number of nitrogens with two attached hydrogens (primary N) is 1. The Morgan fingerprint density at radius 2 is 1.86 bits per heavy atom. The molecule has 0 aromatic heterocycles. The van der Waals surface area contributed by atoms with Crippen LogP contribution in [0.5, 0.6) is 0 Å². The van der Waals surface area contributed by atoms with Gasteiger partial charge in [-0.05, 0) is 42.0 Å². The van der Waals surface area contributed by atoms with Crippen LogP contribution in [-0.2, 0) is 11.2 Å². The maximum absolute atomic E-state index is 12.8. The highest BCUT2D eigenvalue weighted by Crippen LogP contribution is 2.12. The van der Waals surface area contributed by atoms with E-state index in [0.29, 0.717) is 5.02 Å². The van der Waals surface area contributed by atoms with E-state index in [2.05, 4.69) is 5.32 Å². The van der Waals surface area contributed by atoms with E-state index < -0.39 is 23.7 Å². The standard InChI is InChI=1S/C16H14ClFN2O2/c17-12-3-1-2-10(8-12)9-14(15(19)21)20-16(22)11-4-6-13(18)7-5-11/h1-8,14H,9H2,(H2,19,21)(H,20,22)/t14-/m1/s1. The molecule has 0 aliphatic heterocycles. The van der Waals surface area contributed by atoms with Gasteiger partial charge in [0.1, 0.15) is 11.9 Å². The highest BCUT2D eigenvalue weighted by Gasteiger charge is 2.19. The summed E-state index contributed by atoms with van der Waals surface area (Å²) in [5, 5.41) is 3.07. The maximum Gasteiger partial charge on any atom is 0.251 e. The van der Waals surface area contributed by atoms with Crippen molar-refractivity contribution >= 4 is 23.4 Å². The third-order valence-electron chi connectivity index (χ3n) is 3.08. The smallest absolute Gasteiger partial charge is 0.251 e. The van der Waals surface area contributed by atoms with Gasteiger partial charge >= 0.3 is 0 Å². The Morgan fingerprint density at radius 1 is 1.18 bits per heavy atom. The summed E-state index contributed by atoms with van der Waals surface area (Å²) in [6, 6.07) is 11.1. The summed E-state index contributed by atoms with van der Waals surface area (Å²) in [7, 11) is 0. The van der Waals surface area contributed by atoms with Crippen LogP contribution in [-0.4, -0.2) is 17.9 Å². The normalized spacial score (nSPS) is 11.7. The Labute approximate surface area is 132 Å². The summed E-state index contributed by atoms with van der Waals surface area (Å²) >= 11 is 5.89. The number of rotatable bonds is 5. The zero-order valence-electron chi connectivity index (χ0n) is 11.6. The number of nitrogens with one attached hydrogen (secondary N) is 1. The van der Waals surface area contributed by atoms with Gasteiger partial charge in [-0.25, -0.2) is 4.39 Å². The Morgan fingerprint density at radius 3 is 2.45 bits per heavy atom. The predicted octanol–water partition coefficient (Wildman–Crippen LogP) is 2.31. The molecule has 2 rings (SSSR count). The summed E-state index contributed by atoms with van der Waals surface area (Å²) < 4.78 is 12.8. The predicted molar refractivity (Wildman–Crippen MR) is 82.0 cm³/mol. The Kier molecular flexibility index (Phi) is 5.12. The average molecular weight is 321 g/mol. The first-order valence-electron chi connectivity index (χ1n) is 6.56. The molecule has 2 aromatic carbocycles. The molecule has 0 aliphatic rings. The molecular weight excluding hydrogens is 307 g/mol. The lowest BCUT2D eigenvalue weighted by molar-refractivity contribution is -0.119. The van der Waals surface area contributed by atoms with E-state index in [9.17, 15) is 14.0 Å². The van der Waals surface area contributed by atoms with Crippen molar-refractivity contribution in [2.75, 3.05) is 0 Å². The van der Waals surface area contributed by atoms with E-state index in [1.807, 2.05) is 0 Å². The van der Waals surface area contributed by atoms with E-state index in [0.717, 1.165) is 5.56 Å². The fourth-order valence-corrected chi connectivity index (χ4v) is 2.18. The first-order chi connectivity index (χ1) is 10.5. The maximum atomic E-state index is 12.8. The van der Waals surface area contributed by atoms with Crippen LogP contribution in [0.4, 0.5) is 4.39 Å². The van der Waals surface area contributed by atoms with Crippen LogP contribution in [0.3, 0.4) is 0 Å². The fraction of sp³-hybridized carbons (Fsp3) is 0.125. The van der Waals surface area contributed by atoms with Gasteiger partial charge in [0.2, 0.25) is 5.91 Å². The lowest BCUT2D eigenvalue weighted by Gasteiger charge is -2.16. The van der Waals surface area contributed by atoms with Crippen molar-refractivity contribution in [2.45, 2.75) is 12.5 Å². The molecule has 0 bridgehead atoms. The molecule has 0 saturated carbocycles. The Hall–Kier alpha value is -2.40. The van der Waals surface area contributed by atoms with E-state index in [1.54, 1.807) is 24.3 Å². The second-order valence-electron chi connectivity index (χ2n) is 4.77. The van der Waals surface area contributed by atoms with Crippen molar-refractivity contribution in [3.63, 3.8) is 0 Å². The van der Waals surface area contributed by atoms with Crippen LogP contribution in [0.25, 0.3) is 0 Å². The number of carbonyl (C=O) groups excluding carboxylic acids is 2. The second-order valence-corrected chi connectivity index (χ2v) is 5.21. The summed E-state index contributed by atoms with van der Waals surface area (Å²) in [5.74, 6) is -1.59. The third kappa shape index (κ3) is 4.30. The lowest BCUT2D eigenvalue weighted by Crippen LogP contribution is -2.45. The molecule has 0 spiro atoms. The van der Waals surface area contributed by atoms with E-state index in [1.165, 1.54) is 24.3 Å². The van der Waals surface area contributed by atoms with Crippen molar-refractivity contribution in [1.82, 2.24) is 5.32 Å². The molecule has 0 saturated heterocycles. The number of carbonyl (C=O) groups is 2. The summed E-state index contributed by atoms with van der Waals surface area (Å²) in [5.41, 5.74) is 6.35. The van der Waals surface area contributed by atoms with Crippen molar-refractivity contribution in [3.8, 4) is 0 Å². The zero-order valence-corrected chi connectivity index (χ0v) is 12.3. The number of amides is 2. The van der Waals surface area contributed by atoms with Crippen molar-refractivity contribution in [3.05, 3.63) is 70.5 Å². The fourth-order valence-electron chi connectivity index (χ4n) is 1.97. The number of primary amides is 1. The molecule has 0 heterocycles. The van der Waals surface area contributed by atoms with Gasteiger partial charge in [-0.2, -0.15) is 0 Å². The molecule has 2 amide bonds. The largest absolute Gasteiger partial charge is 0.368 e. The van der Waals surface area contributed by atoms with Crippen LogP contribution in [0.2, 0.25) is 5.02 Å². The topological polar surface area (TPSA) is 72.2 Å². The highest BCUT2D eigenvalue weighted by molar-refractivity contribution is 6.30. The minimum atomic E-state index is -0.879. The molecular formula is C16H14ClFN2O2. The quantitative estimate of drug-likeness (QED) is 0.887. The number of hydrogen-bond acceptors (Lipinski definition) is 2. The molecule has 0 aliphatic carbocycles. The minimum absolute atomic E-state index is 0.225. The molecule has 3 N–H and O–H groups in total. The monoisotopic (exact) mass is 320 g/mol. The van der Waals surface area contributed by atoms with E-state index >= 15 is 0 Å². The van der Waals surface area contributed by atoms with Crippen molar-refractivity contribution in [2.24, 2.45) is 5.73 Å². The number of benzene rings is 2. The number of hydrogen-bond donors (Lipinski definition) is 2.